The smallest absolute Gasteiger partial charge is 0.269 e. The minimum atomic E-state index is -0.270. The van der Waals surface area contributed by atoms with Gasteiger partial charge in [0.2, 0.25) is 11.8 Å². The Balaban J connectivity index is 1.53. The highest BCUT2D eigenvalue weighted by atomic mass is 32.1. The van der Waals surface area contributed by atoms with E-state index >= 15 is 0 Å². The van der Waals surface area contributed by atoms with Crippen molar-refractivity contribution < 1.29 is 19.1 Å². The summed E-state index contributed by atoms with van der Waals surface area (Å²) in [5.74, 6) is -0.110. The molecule has 1 aromatic heterocycles. The molecule has 1 aliphatic rings. The van der Waals surface area contributed by atoms with Gasteiger partial charge >= 0.3 is 0 Å². The van der Waals surface area contributed by atoms with Gasteiger partial charge in [-0.3, -0.25) is 19.3 Å². The minimum Gasteiger partial charge on any atom is -0.492 e. The number of nitrogens with zero attached hydrogens (tertiary/aromatic N) is 1. The van der Waals surface area contributed by atoms with Crippen LogP contribution in [0.2, 0.25) is 0 Å². The van der Waals surface area contributed by atoms with Crippen LogP contribution < -0.4 is 15.0 Å². The summed E-state index contributed by atoms with van der Waals surface area (Å²) in [7, 11) is 0. The molecule has 6 nitrogen and oxygen atoms in total. The summed E-state index contributed by atoms with van der Waals surface area (Å²) >= 11 is 1.37. The van der Waals surface area contributed by atoms with Crippen LogP contribution in [0.4, 0.5) is 11.4 Å². The third-order valence-corrected chi connectivity index (χ3v) is 6.09. The Morgan fingerprint density at radius 3 is 2.35 bits per heavy atom. The van der Waals surface area contributed by atoms with Crippen LogP contribution >= 0.6 is 11.3 Å². The second-order valence-electron chi connectivity index (χ2n) is 7.08. The third-order valence-electron chi connectivity index (χ3n) is 4.93. The van der Waals surface area contributed by atoms with Crippen molar-refractivity contribution >= 4 is 40.4 Å². The van der Waals surface area contributed by atoms with Crippen molar-refractivity contribution in [3.8, 4) is 16.2 Å². The zero-order valence-electron chi connectivity index (χ0n) is 17.1. The highest BCUT2D eigenvalue weighted by Crippen LogP contribution is 2.37. The quantitative estimate of drug-likeness (QED) is 0.547. The van der Waals surface area contributed by atoms with E-state index in [1.807, 2.05) is 43.3 Å². The molecule has 31 heavy (non-hydrogen) atoms. The Hall–Kier alpha value is -3.45. The molecule has 158 valence electrons. The summed E-state index contributed by atoms with van der Waals surface area (Å²) in [4.78, 5) is 39.8. The van der Waals surface area contributed by atoms with Gasteiger partial charge in [-0.2, -0.15) is 0 Å². The Morgan fingerprint density at radius 1 is 1.03 bits per heavy atom. The van der Waals surface area contributed by atoms with E-state index in [0.717, 1.165) is 10.4 Å². The number of carbonyl (C=O) groups excluding carboxylic acids is 3. The van der Waals surface area contributed by atoms with Gasteiger partial charge in [0.15, 0.2) is 0 Å². The number of piperidine rings is 1. The fraction of sp³-hybridized carbons (Fsp3) is 0.208. The van der Waals surface area contributed by atoms with E-state index in [0.29, 0.717) is 47.9 Å². The number of thiophene rings is 1. The summed E-state index contributed by atoms with van der Waals surface area (Å²) in [5, 5.41) is 2.88. The molecule has 0 atom stereocenters. The van der Waals surface area contributed by atoms with Crippen molar-refractivity contribution in [3.05, 3.63) is 65.5 Å². The molecule has 0 saturated carbocycles. The number of ether oxygens (including phenoxy) is 1. The maximum atomic E-state index is 12.9. The van der Waals surface area contributed by atoms with E-state index in [-0.39, 0.29) is 17.7 Å². The fourth-order valence-electron chi connectivity index (χ4n) is 3.46. The topological polar surface area (TPSA) is 75.7 Å². The van der Waals surface area contributed by atoms with Crippen LogP contribution in [0.1, 0.15) is 35.9 Å². The first-order valence-corrected chi connectivity index (χ1v) is 11.0. The molecule has 0 aliphatic carbocycles. The number of imide groups is 1. The molecule has 7 heteroatoms. The monoisotopic (exact) mass is 434 g/mol. The van der Waals surface area contributed by atoms with E-state index in [4.69, 9.17) is 4.74 Å². The fourth-order valence-corrected chi connectivity index (χ4v) is 4.47. The molecule has 3 amide bonds. The van der Waals surface area contributed by atoms with Gasteiger partial charge in [0.1, 0.15) is 10.6 Å². The van der Waals surface area contributed by atoms with Crippen LogP contribution in [0, 0.1) is 0 Å². The Bertz CT molecular complexity index is 1090. The Kier molecular flexibility index (Phi) is 6.13. The van der Waals surface area contributed by atoms with Gasteiger partial charge in [0, 0.05) is 23.4 Å². The zero-order chi connectivity index (χ0) is 21.8. The molecule has 2 heterocycles. The molecule has 0 radical (unpaired) electrons. The number of benzene rings is 2. The third kappa shape index (κ3) is 4.51. The number of hydrogen-bond donors (Lipinski definition) is 1. The second kappa shape index (κ2) is 9.14. The normalized spacial score (nSPS) is 13.9. The first-order chi connectivity index (χ1) is 15.1. The van der Waals surface area contributed by atoms with Crippen molar-refractivity contribution in [2.45, 2.75) is 26.2 Å². The minimum absolute atomic E-state index is 0.193. The molecule has 3 aromatic rings. The lowest BCUT2D eigenvalue weighted by atomic mass is 10.1. The van der Waals surface area contributed by atoms with Crippen molar-refractivity contribution in [2.24, 2.45) is 0 Å². The largest absolute Gasteiger partial charge is 0.492 e. The number of rotatable bonds is 6. The standard InChI is InChI=1S/C24H22N2O4S/c1-2-30-19-15-20(16-7-4-3-5-8-16)31-23(19)24(29)25-17-11-13-18(14-12-17)26-21(27)9-6-10-22(26)28/h3-5,7-8,11-15H,2,6,9-10H2,1H3,(H,25,29). The lowest BCUT2D eigenvalue weighted by molar-refractivity contribution is -0.129. The molecule has 1 aliphatic heterocycles. The zero-order valence-corrected chi connectivity index (χ0v) is 17.9. The van der Waals surface area contributed by atoms with Gasteiger partial charge in [-0.25, -0.2) is 0 Å². The van der Waals surface area contributed by atoms with E-state index in [1.165, 1.54) is 16.2 Å². The van der Waals surface area contributed by atoms with Gasteiger partial charge in [-0.1, -0.05) is 30.3 Å². The highest BCUT2D eigenvalue weighted by molar-refractivity contribution is 7.17. The summed E-state index contributed by atoms with van der Waals surface area (Å²) in [6.45, 7) is 2.33. The number of nitrogens with one attached hydrogen (secondary N) is 1. The summed E-state index contributed by atoms with van der Waals surface area (Å²) in [5.41, 5.74) is 2.11. The average molecular weight is 435 g/mol. The van der Waals surface area contributed by atoms with Gasteiger partial charge in [0.25, 0.3) is 5.91 Å². The SMILES string of the molecule is CCOc1cc(-c2ccccc2)sc1C(=O)Nc1ccc(N2C(=O)CCCC2=O)cc1. The van der Waals surface area contributed by atoms with Crippen LogP contribution in [-0.4, -0.2) is 24.3 Å². The lowest BCUT2D eigenvalue weighted by Gasteiger charge is -2.24. The number of hydrogen-bond acceptors (Lipinski definition) is 5. The maximum Gasteiger partial charge on any atom is 0.269 e. The predicted molar refractivity (Wildman–Crippen MR) is 122 cm³/mol. The molecule has 4 rings (SSSR count). The molecular weight excluding hydrogens is 412 g/mol. The summed E-state index contributed by atoms with van der Waals surface area (Å²) in [6, 6.07) is 18.4. The van der Waals surface area contributed by atoms with Crippen LogP contribution in [0.5, 0.6) is 5.75 Å². The van der Waals surface area contributed by atoms with Crippen LogP contribution in [0.25, 0.3) is 10.4 Å². The summed E-state index contributed by atoms with van der Waals surface area (Å²) < 4.78 is 5.69. The van der Waals surface area contributed by atoms with E-state index in [2.05, 4.69) is 5.32 Å². The number of anilines is 2. The summed E-state index contributed by atoms with van der Waals surface area (Å²) in [6.07, 6.45) is 1.33. The molecule has 0 unspecified atom stereocenters. The van der Waals surface area contributed by atoms with Crippen molar-refractivity contribution in [3.63, 3.8) is 0 Å². The Morgan fingerprint density at radius 2 is 1.71 bits per heavy atom. The van der Waals surface area contributed by atoms with Crippen molar-refractivity contribution in [1.82, 2.24) is 0 Å². The highest BCUT2D eigenvalue weighted by Gasteiger charge is 2.27. The van der Waals surface area contributed by atoms with E-state index < -0.39 is 0 Å². The van der Waals surface area contributed by atoms with Gasteiger partial charge < -0.3 is 10.1 Å². The van der Waals surface area contributed by atoms with Gasteiger partial charge in [-0.15, -0.1) is 11.3 Å². The molecular formula is C24H22N2O4S. The van der Waals surface area contributed by atoms with Crippen LogP contribution in [0.3, 0.4) is 0 Å². The molecule has 1 N–H and O–H groups in total. The molecule has 1 fully saturated rings. The molecule has 0 spiro atoms. The maximum absolute atomic E-state index is 12.9. The van der Waals surface area contributed by atoms with Crippen LogP contribution in [0.15, 0.2) is 60.7 Å². The number of amides is 3. The first-order valence-electron chi connectivity index (χ1n) is 10.2. The van der Waals surface area contributed by atoms with Crippen molar-refractivity contribution in [2.75, 3.05) is 16.8 Å². The van der Waals surface area contributed by atoms with E-state index in [9.17, 15) is 14.4 Å². The molecule has 2 aromatic carbocycles. The second-order valence-corrected chi connectivity index (χ2v) is 8.13. The van der Waals surface area contributed by atoms with Gasteiger partial charge in [-0.05, 0) is 49.2 Å². The number of carbonyl (C=O) groups is 3. The average Bonchev–Trinajstić information content (AvgIpc) is 3.20. The van der Waals surface area contributed by atoms with Crippen LogP contribution in [-0.2, 0) is 9.59 Å². The molecule has 1 saturated heterocycles. The molecule has 0 bridgehead atoms. The van der Waals surface area contributed by atoms with E-state index in [1.54, 1.807) is 24.3 Å². The lowest BCUT2D eigenvalue weighted by Crippen LogP contribution is -2.40. The Labute approximate surface area is 184 Å². The van der Waals surface area contributed by atoms with Gasteiger partial charge in [0.05, 0.1) is 12.3 Å². The first kappa shape index (κ1) is 20.8. The van der Waals surface area contributed by atoms with Crippen molar-refractivity contribution in [1.29, 1.82) is 0 Å². The predicted octanol–water partition coefficient (Wildman–Crippen LogP) is 5.11.